The zero-order chi connectivity index (χ0) is 14.1. The summed E-state index contributed by atoms with van der Waals surface area (Å²) in [6.07, 6.45) is 3.93. The minimum atomic E-state index is -0.379. The van der Waals surface area contributed by atoms with E-state index in [-0.39, 0.29) is 17.4 Å². The highest BCUT2D eigenvalue weighted by Crippen LogP contribution is 2.14. The third-order valence-electron chi connectivity index (χ3n) is 3.43. The first-order valence-electron chi connectivity index (χ1n) is 6.49. The molecule has 0 radical (unpaired) electrons. The summed E-state index contributed by atoms with van der Waals surface area (Å²) in [5.41, 5.74) is 6.08. The molecular formula is C14H15FN4O. The van der Waals surface area contributed by atoms with Gasteiger partial charge in [-0.25, -0.2) is 9.37 Å². The lowest BCUT2D eigenvalue weighted by Gasteiger charge is -2.17. The number of benzene rings is 1. The van der Waals surface area contributed by atoms with Gasteiger partial charge in [-0.3, -0.25) is 9.36 Å². The second kappa shape index (κ2) is 5.05. The molecule has 0 amide bonds. The number of aromatic nitrogens is 2. The van der Waals surface area contributed by atoms with E-state index in [0.29, 0.717) is 18.1 Å². The Balaban J connectivity index is 2.04. The highest BCUT2D eigenvalue weighted by molar-refractivity contribution is 5.41. The minimum Gasteiger partial charge on any atom is -0.350 e. The smallest absolute Gasteiger partial charge is 0.298 e. The molecule has 1 aliphatic rings. The predicted octanol–water partition coefficient (Wildman–Crippen LogP) is 0.909. The minimum absolute atomic E-state index is 0.0685. The lowest BCUT2D eigenvalue weighted by atomic mass is 10.3. The Kier molecular flexibility index (Phi) is 3.23. The molecule has 20 heavy (non-hydrogen) atoms. The normalized spacial score (nSPS) is 18.5. The fourth-order valence-corrected chi connectivity index (χ4v) is 2.43. The Labute approximate surface area is 115 Å². The first-order valence-corrected chi connectivity index (χ1v) is 6.49. The summed E-state index contributed by atoms with van der Waals surface area (Å²) in [5, 5.41) is 0. The van der Waals surface area contributed by atoms with Crippen LogP contribution in [-0.2, 0) is 0 Å². The predicted molar refractivity (Wildman–Crippen MR) is 74.6 cm³/mol. The Morgan fingerprint density at radius 1 is 1.40 bits per heavy atom. The molecule has 0 spiro atoms. The van der Waals surface area contributed by atoms with E-state index in [1.165, 1.54) is 22.9 Å². The van der Waals surface area contributed by atoms with Gasteiger partial charge in [-0.2, -0.15) is 0 Å². The number of anilines is 1. The van der Waals surface area contributed by atoms with Crippen LogP contribution in [0.2, 0.25) is 0 Å². The first-order chi connectivity index (χ1) is 9.65. The standard InChI is InChI=1S/C14H15FN4O/c15-10-2-1-3-12(8-10)19-7-5-17-13(14(19)20)18-6-4-11(16)9-18/h1-3,5,7-8,11H,4,6,9,16H2/t11-/m1/s1. The van der Waals surface area contributed by atoms with Gasteiger partial charge in [0.1, 0.15) is 5.82 Å². The van der Waals surface area contributed by atoms with E-state index >= 15 is 0 Å². The molecule has 2 heterocycles. The van der Waals surface area contributed by atoms with Crippen LogP contribution in [0.5, 0.6) is 0 Å². The maximum absolute atomic E-state index is 13.3. The van der Waals surface area contributed by atoms with Crippen molar-refractivity contribution in [2.45, 2.75) is 12.5 Å². The first kappa shape index (κ1) is 12.8. The van der Waals surface area contributed by atoms with Gasteiger partial charge < -0.3 is 10.6 Å². The van der Waals surface area contributed by atoms with Gasteiger partial charge in [0.15, 0.2) is 5.82 Å². The maximum Gasteiger partial charge on any atom is 0.298 e. The van der Waals surface area contributed by atoms with Crippen LogP contribution in [0, 0.1) is 5.82 Å². The molecule has 3 rings (SSSR count). The van der Waals surface area contributed by atoms with Gasteiger partial charge in [0.25, 0.3) is 5.56 Å². The summed E-state index contributed by atoms with van der Waals surface area (Å²) in [5.74, 6) is -0.0133. The van der Waals surface area contributed by atoms with Crippen LogP contribution < -0.4 is 16.2 Å². The molecule has 0 saturated carbocycles. The molecule has 1 aromatic carbocycles. The lowest BCUT2D eigenvalue weighted by Crippen LogP contribution is -2.33. The van der Waals surface area contributed by atoms with Gasteiger partial charge >= 0.3 is 0 Å². The van der Waals surface area contributed by atoms with Gasteiger partial charge in [0.05, 0.1) is 5.69 Å². The van der Waals surface area contributed by atoms with Crippen LogP contribution in [-0.4, -0.2) is 28.7 Å². The fourth-order valence-electron chi connectivity index (χ4n) is 2.43. The van der Waals surface area contributed by atoms with Crippen LogP contribution in [0.15, 0.2) is 41.5 Å². The van der Waals surface area contributed by atoms with E-state index < -0.39 is 0 Å². The number of hydrogen-bond donors (Lipinski definition) is 1. The average molecular weight is 274 g/mol. The summed E-state index contributed by atoms with van der Waals surface area (Å²) >= 11 is 0. The zero-order valence-corrected chi connectivity index (χ0v) is 10.9. The van der Waals surface area contributed by atoms with Crippen molar-refractivity contribution in [2.75, 3.05) is 18.0 Å². The van der Waals surface area contributed by atoms with Crippen LogP contribution >= 0.6 is 0 Å². The van der Waals surface area contributed by atoms with Crippen LogP contribution in [0.4, 0.5) is 10.2 Å². The summed E-state index contributed by atoms with van der Waals surface area (Å²) in [6.45, 7) is 1.34. The van der Waals surface area contributed by atoms with Crippen molar-refractivity contribution < 1.29 is 4.39 Å². The number of nitrogens with two attached hydrogens (primary N) is 1. The van der Waals surface area contributed by atoms with Crippen LogP contribution in [0.25, 0.3) is 5.69 Å². The SMILES string of the molecule is N[C@@H]1CCN(c2nccn(-c3cccc(F)c3)c2=O)C1. The summed E-state index contributed by atoms with van der Waals surface area (Å²) in [6, 6.07) is 5.99. The maximum atomic E-state index is 13.3. The van der Waals surface area contributed by atoms with Crippen molar-refractivity contribution in [3.63, 3.8) is 0 Å². The lowest BCUT2D eigenvalue weighted by molar-refractivity contribution is 0.626. The summed E-state index contributed by atoms with van der Waals surface area (Å²) in [7, 11) is 0. The Bertz CT molecular complexity index is 685. The number of halogens is 1. The Hall–Kier alpha value is -2.21. The van der Waals surface area contributed by atoms with E-state index in [9.17, 15) is 9.18 Å². The molecule has 1 aromatic heterocycles. The highest BCUT2D eigenvalue weighted by Gasteiger charge is 2.23. The van der Waals surface area contributed by atoms with Gasteiger partial charge in [0, 0.05) is 31.5 Å². The van der Waals surface area contributed by atoms with Crippen molar-refractivity contribution in [2.24, 2.45) is 5.73 Å². The van der Waals surface area contributed by atoms with E-state index in [4.69, 9.17) is 5.73 Å². The second-order valence-electron chi connectivity index (χ2n) is 4.90. The van der Waals surface area contributed by atoms with E-state index in [0.717, 1.165) is 13.0 Å². The highest BCUT2D eigenvalue weighted by atomic mass is 19.1. The average Bonchev–Trinajstić information content (AvgIpc) is 2.85. The van der Waals surface area contributed by atoms with E-state index in [2.05, 4.69) is 4.98 Å². The number of hydrogen-bond acceptors (Lipinski definition) is 4. The monoisotopic (exact) mass is 274 g/mol. The summed E-state index contributed by atoms with van der Waals surface area (Å²) in [4.78, 5) is 18.5. The van der Waals surface area contributed by atoms with Crippen molar-refractivity contribution in [1.29, 1.82) is 0 Å². The van der Waals surface area contributed by atoms with Crippen molar-refractivity contribution in [1.82, 2.24) is 9.55 Å². The molecule has 0 aliphatic carbocycles. The Morgan fingerprint density at radius 3 is 2.95 bits per heavy atom. The molecule has 0 unspecified atom stereocenters. The summed E-state index contributed by atoms with van der Waals surface area (Å²) < 4.78 is 14.7. The molecule has 104 valence electrons. The van der Waals surface area contributed by atoms with E-state index in [1.54, 1.807) is 18.3 Å². The van der Waals surface area contributed by atoms with Crippen LogP contribution in [0.1, 0.15) is 6.42 Å². The number of rotatable bonds is 2. The Morgan fingerprint density at radius 2 is 2.25 bits per heavy atom. The fraction of sp³-hybridized carbons (Fsp3) is 0.286. The van der Waals surface area contributed by atoms with Crippen molar-refractivity contribution >= 4 is 5.82 Å². The third kappa shape index (κ3) is 2.30. The third-order valence-corrected chi connectivity index (χ3v) is 3.43. The molecule has 6 heteroatoms. The zero-order valence-electron chi connectivity index (χ0n) is 10.9. The molecule has 1 saturated heterocycles. The largest absolute Gasteiger partial charge is 0.350 e. The van der Waals surface area contributed by atoms with Crippen LogP contribution in [0.3, 0.4) is 0 Å². The van der Waals surface area contributed by atoms with E-state index in [1.807, 2.05) is 4.90 Å². The molecular weight excluding hydrogens is 259 g/mol. The van der Waals surface area contributed by atoms with Gasteiger partial charge in [0.2, 0.25) is 0 Å². The van der Waals surface area contributed by atoms with Crippen molar-refractivity contribution in [3.8, 4) is 5.69 Å². The quantitative estimate of drug-likeness (QED) is 0.884. The second-order valence-corrected chi connectivity index (χ2v) is 4.90. The molecule has 0 bridgehead atoms. The van der Waals surface area contributed by atoms with Gasteiger partial charge in [-0.05, 0) is 24.6 Å². The number of nitrogens with zero attached hydrogens (tertiary/aromatic N) is 3. The molecule has 2 aromatic rings. The molecule has 1 atom stereocenters. The molecule has 1 aliphatic heterocycles. The molecule has 2 N–H and O–H groups in total. The molecule has 5 nitrogen and oxygen atoms in total. The molecule has 1 fully saturated rings. The van der Waals surface area contributed by atoms with Crippen molar-refractivity contribution in [3.05, 3.63) is 52.8 Å². The topological polar surface area (TPSA) is 64.2 Å². The van der Waals surface area contributed by atoms with Gasteiger partial charge in [-0.15, -0.1) is 0 Å². The van der Waals surface area contributed by atoms with Gasteiger partial charge in [-0.1, -0.05) is 6.07 Å².